The lowest BCUT2D eigenvalue weighted by Gasteiger charge is -2.41. The summed E-state index contributed by atoms with van der Waals surface area (Å²) in [4.78, 5) is 2.28. The number of nitrogens with one attached hydrogen (secondary N) is 2. The second-order valence-electron chi connectivity index (χ2n) is 9.61. The highest BCUT2D eigenvalue weighted by atomic mass is 19.4. The van der Waals surface area contributed by atoms with Crippen molar-refractivity contribution >= 4 is 16.6 Å². The van der Waals surface area contributed by atoms with E-state index in [1.165, 1.54) is 0 Å². The van der Waals surface area contributed by atoms with Crippen LogP contribution in [0.5, 0.6) is 0 Å². The largest absolute Gasteiger partial charge is 0.416 e. The van der Waals surface area contributed by atoms with Gasteiger partial charge in [-0.15, -0.1) is 0 Å². The Labute approximate surface area is 223 Å². The summed E-state index contributed by atoms with van der Waals surface area (Å²) in [6, 6.07) is 11.9. The van der Waals surface area contributed by atoms with Crippen molar-refractivity contribution in [1.29, 1.82) is 5.26 Å². The van der Waals surface area contributed by atoms with Crippen molar-refractivity contribution in [3.8, 4) is 17.2 Å². The van der Waals surface area contributed by atoms with Gasteiger partial charge < -0.3 is 15.0 Å². The van der Waals surface area contributed by atoms with Crippen molar-refractivity contribution in [2.45, 2.75) is 38.1 Å². The van der Waals surface area contributed by atoms with Gasteiger partial charge in [0.15, 0.2) is 0 Å². The van der Waals surface area contributed by atoms with E-state index in [1.807, 2.05) is 18.3 Å². The van der Waals surface area contributed by atoms with Gasteiger partial charge in [0.25, 0.3) is 0 Å². The Bertz CT molecular complexity index is 1440. The Morgan fingerprint density at radius 3 is 2.67 bits per heavy atom. The molecule has 0 saturated carbocycles. The topological polar surface area (TPSA) is 103 Å². The fourth-order valence-corrected chi connectivity index (χ4v) is 4.72. The molecule has 0 amide bonds. The summed E-state index contributed by atoms with van der Waals surface area (Å²) in [7, 11) is 0. The van der Waals surface area contributed by atoms with Gasteiger partial charge in [0, 0.05) is 42.9 Å². The number of benzene rings is 2. The molecule has 39 heavy (non-hydrogen) atoms. The van der Waals surface area contributed by atoms with Crippen LogP contribution in [0.25, 0.3) is 22.0 Å². The highest BCUT2D eigenvalue weighted by Crippen LogP contribution is 2.35. The summed E-state index contributed by atoms with van der Waals surface area (Å²) in [5.74, 6) is 0. The number of fused-ring (bicyclic) bond motifs is 1. The fraction of sp³-hybridized carbons (Fsp3) is 0.357. The van der Waals surface area contributed by atoms with E-state index < -0.39 is 11.7 Å². The number of nitriles is 1. The first-order valence-corrected chi connectivity index (χ1v) is 12.8. The zero-order valence-corrected chi connectivity index (χ0v) is 21.2. The molecule has 0 atom stereocenters. The minimum Gasteiger partial charge on any atom is -0.375 e. The van der Waals surface area contributed by atoms with Crippen LogP contribution < -0.4 is 10.2 Å². The molecule has 11 heteroatoms. The minimum absolute atomic E-state index is 0.0482. The predicted octanol–water partition coefficient (Wildman–Crippen LogP) is 4.88. The summed E-state index contributed by atoms with van der Waals surface area (Å²) >= 11 is 0. The van der Waals surface area contributed by atoms with Crippen molar-refractivity contribution in [2.24, 2.45) is 0 Å². The molecule has 0 radical (unpaired) electrons. The number of ether oxygens (including phenoxy) is 1. The van der Waals surface area contributed by atoms with E-state index in [-0.39, 0.29) is 12.5 Å². The fourth-order valence-electron chi connectivity index (χ4n) is 4.72. The molecule has 4 aromatic rings. The second-order valence-corrected chi connectivity index (χ2v) is 9.61. The van der Waals surface area contributed by atoms with E-state index in [0.717, 1.165) is 65.8 Å². The SMILES string of the molecule is N#CCc1cc(CNCCCCOC2CN(c3cc(-c4ccnnc4)cc4[nH]ncc34)C2)cc(C(F)(F)F)c1. The monoisotopic (exact) mass is 535 g/mol. The van der Waals surface area contributed by atoms with E-state index in [1.54, 1.807) is 18.5 Å². The number of halogens is 3. The second kappa shape index (κ2) is 11.8. The number of anilines is 1. The van der Waals surface area contributed by atoms with Crippen LogP contribution in [0, 0.1) is 11.3 Å². The van der Waals surface area contributed by atoms with Gasteiger partial charge in [-0.25, -0.2) is 0 Å². The maximum Gasteiger partial charge on any atom is 0.416 e. The summed E-state index contributed by atoms with van der Waals surface area (Å²) in [5, 5.41) is 28.2. The highest BCUT2D eigenvalue weighted by Gasteiger charge is 2.31. The van der Waals surface area contributed by atoms with Gasteiger partial charge in [-0.3, -0.25) is 5.10 Å². The van der Waals surface area contributed by atoms with Gasteiger partial charge in [0.05, 0.1) is 48.3 Å². The first kappa shape index (κ1) is 26.6. The van der Waals surface area contributed by atoms with E-state index in [9.17, 15) is 13.2 Å². The van der Waals surface area contributed by atoms with Crippen LogP contribution in [-0.4, -0.2) is 52.7 Å². The lowest BCUT2D eigenvalue weighted by Crippen LogP contribution is -2.52. The summed E-state index contributed by atoms with van der Waals surface area (Å²) in [5.41, 5.74) is 4.27. The molecule has 202 valence electrons. The van der Waals surface area contributed by atoms with Crippen LogP contribution in [0.4, 0.5) is 18.9 Å². The minimum atomic E-state index is -4.43. The maximum atomic E-state index is 13.1. The number of H-pyrrole nitrogens is 1. The van der Waals surface area contributed by atoms with E-state index in [4.69, 9.17) is 10.00 Å². The van der Waals surface area contributed by atoms with Crippen molar-refractivity contribution in [1.82, 2.24) is 25.7 Å². The Morgan fingerprint density at radius 1 is 1.05 bits per heavy atom. The maximum absolute atomic E-state index is 13.1. The average Bonchev–Trinajstić information content (AvgIpc) is 3.38. The van der Waals surface area contributed by atoms with Gasteiger partial charge in [-0.2, -0.15) is 33.7 Å². The Kier molecular flexibility index (Phi) is 8.05. The molecule has 1 aliphatic rings. The number of nitrogens with zero attached hydrogens (tertiary/aromatic N) is 5. The number of aromatic amines is 1. The normalized spacial score (nSPS) is 13.9. The zero-order valence-electron chi connectivity index (χ0n) is 21.2. The zero-order chi connectivity index (χ0) is 27.2. The number of rotatable bonds is 11. The molecule has 2 aromatic carbocycles. The van der Waals surface area contributed by atoms with Crippen molar-refractivity contribution in [3.05, 3.63) is 71.7 Å². The van der Waals surface area contributed by atoms with Gasteiger partial charge in [-0.05, 0) is 66.4 Å². The van der Waals surface area contributed by atoms with Crippen LogP contribution in [0.1, 0.15) is 29.5 Å². The van der Waals surface area contributed by atoms with E-state index in [2.05, 4.69) is 42.7 Å². The Hall–Kier alpha value is -4.01. The standard InChI is InChI=1S/C28H28F3N7O/c29-28(30,31)23-10-19(3-5-32)9-20(11-23)14-33-6-1-2-8-39-24-17-38(18-24)27-13-22(21-4-7-34-35-15-21)12-26-25(27)16-36-37-26/h4,7,9-13,15-16,24,33H,1-3,6,8,14,17-18H2,(H,36,37). The average molecular weight is 536 g/mol. The van der Waals surface area contributed by atoms with Crippen LogP contribution in [0.3, 0.4) is 0 Å². The lowest BCUT2D eigenvalue weighted by molar-refractivity contribution is -0.137. The Morgan fingerprint density at radius 2 is 1.90 bits per heavy atom. The molecule has 5 rings (SSSR count). The summed E-state index contributed by atoms with van der Waals surface area (Å²) in [6.45, 7) is 3.19. The van der Waals surface area contributed by atoms with Crippen LogP contribution in [-0.2, 0) is 23.9 Å². The van der Waals surface area contributed by atoms with Gasteiger partial charge in [-0.1, -0.05) is 6.07 Å². The molecule has 8 nitrogen and oxygen atoms in total. The number of unbranched alkanes of at least 4 members (excludes halogenated alkanes) is 1. The molecule has 0 bridgehead atoms. The molecular formula is C28H28F3N7O. The third kappa shape index (κ3) is 6.53. The quantitative estimate of drug-likeness (QED) is 0.264. The molecule has 2 N–H and O–H groups in total. The van der Waals surface area contributed by atoms with Crippen LogP contribution in [0.2, 0.25) is 0 Å². The lowest BCUT2D eigenvalue weighted by atomic mass is 10.0. The summed E-state index contributed by atoms with van der Waals surface area (Å²) in [6.07, 6.45) is 2.61. The number of alkyl halides is 3. The van der Waals surface area contributed by atoms with E-state index in [0.29, 0.717) is 30.8 Å². The molecular weight excluding hydrogens is 507 g/mol. The predicted molar refractivity (Wildman–Crippen MR) is 141 cm³/mol. The summed E-state index contributed by atoms with van der Waals surface area (Å²) < 4.78 is 45.5. The molecule has 3 heterocycles. The smallest absolute Gasteiger partial charge is 0.375 e. The van der Waals surface area contributed by atoms with Crippen LogP contribution >= 0.6 is 0 Å². The highest BCUT2D eigenvalue weighted by molar-refractivity contribution is 5.96. The third-order valence-electron chi connectivity index (χ3n) is 6.74. The van der Waals surface area contributed by atoms with Gasteiger partial charge in [0.2, 0.25) is 0 Å². The van der Waals surface area contributed by atoms with Crippen molar-refractivity contribution < 1.29 is 17.9 Å². The molecule has 0 spiro atoms. The number of aromatic nitrogens is 4. The number of hydrogen-bond acceptors (Lipinski definition) is 7. The number of hydrogen-bond donors (Lipinski definition) is 2. The molecule has 1 fully saturated rings. The van der Waals surface area contributed by atoms with E-state index >= 15 is 0 Å². The van der Waals surface area contributed by atoms with Gasteiger partial charge >= 0.3 is 6.18 Å². The molecule has 1 saturated heterocycles. The first-order chi connectivity index (χ1) is 18.9. The molecule has 0 unspecified atom stereocenters. The van der Waals surface area contributed by atoms with Crippen LogP contribution in [0.15, 0.2) is 55.0 Å². The third-order valence-corrected chi connectivity index (χ3v) is 6.74. The van der Waals surface area contributed by atoms with Gasteiger partial charge in [0.1, 0.15) is 0 Å². The first-order valence-electron chi connectivity index (χ1n) is 12.8. The molecule has 1 aliphatic heterocycles. The molecule has 2 aromatic heterocycles. The van der Waals surface area contributed by atoms with Crippen molar-refractivity contribution in [3.63, 3.8) is 0 Å². The Balaban J connectivity index is 1.05. The molecule has 0 aliphatic carbocycles. The van der Waals surface area contributed by atoms with Crippen molar-refractivity contribution in [2.75, 3.05) is 31.1 Å².